The first-order valence-electron chi connectivity index (χ1n) is 6.57. The Kier molecular flexibility index (Phi) is 3.33. The van der Waals surface area contributed by atoms with Crippen LogP contribution in [0.4, 0.5) is 5.69 Å². The van der Waals surface area contributed by atoms with E-state index in [1.54, 1.807) is 6.20 Å². The zero-order valence-corrected chi connectivity index (χ0v) is 11.6. The van der Waals surface area contributed by atoms with Crippen LogP contribution in [0.1, 0.15) is 18.4 Å². The van der Waals surface area contributed by atoms with Crippen molar-refractivity contribution < 1.29 is 0 Å². The van der Waals surface area contributed by atoms with Gasteiger partial charge in [-0.3, -0.25) is 0 Å². The van der Waals surface area contributed by atoms with Crippen molar-refractivity contribution in [1.29, 1.82) is 5.26 Å². The van der Waals surface area contributed by atoms with E-state index in [4.69, 9.17) is 11.6 Å². The van der Waals surface area contributed by atoms with Gasteiger partial charge < -0.3 is 5.32 Å². The highest BCUT2D eigenvalue weighted by atomic mass is 35.5. The minimum Gasteiger partial charge on any atom is -0.380 e. The number of hydrogen-bond donors (Lipinski definition) is 1. The van der Waals surface area contributed by atoms with E-state index in [1.165, 1.54) is 0 Å². The molecule has 1 aromatic heterocycles. The van der Waals surface area contributed by atoms with Crippen molar-refractivity contribution in [3.8, 4) is 6.07 Å². The van der Waals surface area contributed by atoms with E-state index < -0.39 is 0 Å². The van der Waals surface area contributed by atoms with Gasteiger partial charge in [0.05, 0.1) is 17.2 Å². The van der Waals surface area contributed by atoms with Crippen molar-refractivity contribution in [3.63, 3.8) is 0 Å². The lowest BCUT2D eigenvalue weighted by atomic mass is 9.62. The molecular formula is C16H14ClN3. The van der Waals surface area contributed by atoms with Crippen LogP contribution < -0.4 is 5.32 Å². The number of benzene rings is 1. The molecule has 20 heavy (non-hydrogen) atoms. The van der Waals surface area contributed by atoms with Crippen molar-refractivity contribution in [2.24, 2.45) is 0 Å². The van der Waals surface area contributed by atoms with E-state index in [-0.39, 0.29) is 11.5 Å². The van der Waals surface area contributed by atoms with Crippen LogP contribution in [-0.2, 0) is 5.41 Å². The molecule has 1 N–H and O–H groups in total. The Morgan fingerprint density at radius 3 is 2.60 bits per heavy atom. The van der Waals surface area contributed by atoms with Gasteiger partial charge in [-0.05, 0) is 30.5 Å². The molecule has 1 saturated carbocycles. The predicted octanol–water partition coefficient (Wildman–Crippen LogP) is 3.77. The van der Waals surface area contributed by atoms with E-state index >= 15 is 0 Å². The maximum Gasteiger partial charge on any atom is 0.152 e. The maximum absolute atomic E-state index is 9.51. The number of hydrogen-bond acceptors (Lipinski definition) is 3. The van der Waals surface area contributed by atoms with Gasteiger partial charge >= 0.3 is 0 Å². The summed E-state index contributed by atoms with van der Waals surface area (Å²) in [7, 11) is 0. The van der Waals surface area contributed by atoms with Gasteiger partial charge in [0, 0.05) is 12.2 Å². The Labute approximate surface area is 123 Å². The number of aromatic nitrogens is 1. The third-order valence-electron chi connectivity index (χ3n) is 3.85. The van der Waals surface area contributed by atoms with Crippen LogP contribution >= 0.6 is 11.6 Å². The fourth-order valence-electron chi connectivity index (χ4n) is 2.75. The number of pyridine rings is 1. The Morgan fingerprint density at radius 2 is 1.95 bits per heavy atom. The van der Waals surface area contributed by atoms with Crippen molar-refractivity contribution in [3.05, 3.63) is 59.4 Å². The summed E-state index contributed by atoms with van der Waals surface area (Å²) in [4.78, 5) is 4.04. The maximum atomic E-state index is 9.51. The van der Waals surface area contributed by atoms with Crippen molar-refractivity contribution in [1.82, 2.24) is 4.98 Å². The van der Waals surface area contributed by atoms with Crippen LogP contribution in [0.15, 0.2) is 48.7 Å². The van der Waals surface area contributed by atoms with Crippen LogP contribution in [-0.4, -0.2) is 11.0 Å². The Hall–Kier alpha value is -2.05. The van der Waals surface area contributed by atoms with Gasteiger partial charge in [-0.1, -0.05) is 41.9 Å². The Morgan fingerprint density at radius 1 is 1.20 bits per heavy atom. The minimum absolute atomic E-state index is 0.261. The topological polar surface area (TPSA) is 48.7 Å². The fourth-order valence-corrected chi connectivity index (χ4v) is 2.92. The molecule has 3 nitrogen and oxygen atoms in total. The van der Waals surface area contributed by atoms with E-state index in [0.717, 1.165) is 24.1 Å². The molecule has 1 aromatic carbocycles. The van der Waals surface area contributed by atoms with Gasteiger partial charge in [0.1, 0.15) is 0 Å². The van der Waals surface area contributed by atoms with Gasteiger partial charge in [0.15, 0.2) is 5.15 Å². The summed E-state index contributed by atoms with van der Waals surface area (Å²) in [5.41, 5.74) is 1.56. The molecule has 0 atom stereocenters. The van der Waals surface area contributed by atoms with Crippen LogP contribution in [0.25, 0.3) is 0 Å². The molecule has 0 spiro atoms. The molecule has 0 saturated heterocycles. The second kappa shape index (κ2) is 5.15. The molecule has 0 radical (unpaired) electrons. The monoisotopic (exact) mass is 283 g/mol. The van der Waals surface area contributed by atoms with Gasteiger partial charge in [0.25, 0.3) is 0 Å². The van der Waals surface area contributed by atoms with E-state index in [2.05, 4.69) is 16.4 Å². The van der Waals surface area contributed by atoms with Gasteiger partial charge in [-0.25, -0.2) is 4.98 Å². The molecule has 2 aromatic rings. The lowest BCUT2D eigenvalue weighted by molar-refractivity contribution is 0.289. The van der Waals surface area contributed by atoms with E-state index in [9.17, 15) is 5.26 Å². The van der Waals surface area contributed by atoms with Crippen LogP contribution in [0.2, 0.25) is 5.15 Å². The lowest BCUT2D eigenvalue weighted by Crippen LogP contribution is -2.47. The van der Waals surface area contributed by atoms with Crippen LogP contribution in [0, 0.1) is 11.3 Å². The molecule has 1 fully saturated rings. The third-order valence-corrected chi connectivity index (χ3v) is 4.15. The highest BCUT2D eigenvalue weighted by Gasteiger charge is 2.46. The second-order valence-electron chi connectivity index (χ2n) is 5.15. The molecule has 100 valence electrons. The number of halogens is 1. The average molecular weight is 284 g/mol. The molecule has 3 rings (SSSR count). The lowest BCUT2D eigenvalue weighted by Gasteiger charge is -2.43. The SMILES string of the molecule is N#CC1(c2ccccc2)CC(Nc2cccnc2Cl)C1. The predicted molar refractivity (Wildman–Crippen MR) is 79.6 cm³/mol. The summed E-state index contributed by atoms with van der Waals surface area (Å²) < 4.78 is 0. The summed E-state index contributed by atoms with van der Waals surface area (Å²) >= 11 is 6.03. The molecule has 1 aliphatic carbocycles. The van der Waals surface area contributed by atoms with Gasteiger partial charge in [0.2, 0.25) is 0 Å². The second-order valence-corrected chi connectivity index (χ2v) is 5.51. The number of nitrogens with one attached hydrogen (secondary N) is 1. The molecule has 0 amide bonds. The first-order valence-corrected chi connectivity index (χ1v) is 6.95. The molecule has 4 heteroatoms. The largest absolute Gasteiger partial charge is 0.380 e. The van der Waals surface area contributed by atoms with Gasteiger partial charge in [-0.2, -0.15) is 5.26 Å². The highest BCUT2D eigenvalue weighted by molar-refractivity contribution is 6.31. The average Bonchev–Trinajstić information content (AvgIpc) is 2.45. The summed E-state index contributed by atoms with van der Waals surface area (Å²) in [6.45, 7) is 0. The highest BCUT2D eigenvalue weighted by Crippen LogP contribution is 2.44. The molecule has 0 bridgehead atoms. The van der Waals surface area contributed by atoms with Crippen molar-refractivity contribution in [2.45, 2.75) is 24.3 Å². The normalized spacial score (nSPS) is 24.5. The quantitative estimate of drug-likeness (QED) is 0.872. The minimum atomic E-state index is -0.367. The first-order chi connectivity index (χ1) is 9.73. The van der Waals surface area contributed by atoms with Crippen molar-refractivity contribution in [2.75, 3.05) is 5.32 Å². The third kappa shape index (κ3) is 2.23. The first kappa shape index (κ1) is 13.0. The summed E-state index contributed by atoms with van der Waals surface area (Å²) in [6.07, 6.45) is 3.25. The smallest absolute Gasteiger partial charge is 0.152 e. The summed E-state index contributed by atoms with van der Waals surface area (Å²) in [5, 5.41) is 13.3. The zero-order chi connectivity index (χ0) is 14.0. The molecule has 0 aliphatic heterocycles. The summed E-state index contributed by atoms with van der Waals surface area (Å²) in [5.74, 6) is 0. The zero-order valence-electron chi connectivity index (χ0n) is 10.9. The summed E-state index contributed by atoms with van der Waals surface area (Å²) in [6, 6.07) is 16.5. The molecule has 0 unspecified atom stereocenters. The molecule has 1 aliphatic rings. The van der Waals surface area contributed by atoms with E-state index in [0.29, 0.717) is 5.15 Å². The van der Waals surface area contributed by atoms with Gasteiger partial charge in [-0.15, -0.1) is 0 Å². The van der Waals surface area contributed by atoms with E-state index in [1.807, 2.05) is 42.5 Å². The van der Waals surface area contributed by atoms with Crippen LogP contribution in [0.3, 0.4) is 0 Å². The number of nitrogens with zero attached hydrogens (tertiary/aromatic N) is 2. The Bertz CT molecular complexity index is 642. The Balaban J connectivity index is 1.72. The number of anilines is 1. The molecular weight excluding hydrogens is 270 g/mol. The van der Waals surface area contributed by atoms with Crippen molar-refractivity contribution >= 4 is 17.3 Å². The van der Waals surface area contributed by atoms with Crippen LogP contribution in [0.5, 0.6) is 0 Å². The standard InChI is InChI=1S/C16H14ClN3/c17-15-14(7-4-8-19-15)20-13-9-16(10-13,11-18)12-5-2-1-3-6-12/h1-8,13,20H,9-10H2. The number of rotatable bonds is 3. The fraction of sp³-hybridized carbons (Fsp3) is 0.250. The number of nitriles is 1. The molecule has 1 heterocycles.